The van der Waals surface area contributed by atoms with Crippen molar-refractivity contribution in [2.75, 3.05) is 11.9 Å². The summed E-state index contributed by atoms with van der Waals surface area (Å²) in [5.74, 6) is 1.04. The molecule has 27 heavy (non-hydrogen) atoms. The summed E-state index contributed by atoms with van der Waals surface area (Å²) in [6, 6.07) is 20.0. The Bertz CT molecular complexity index is 909. The molecule has 1 amide bonds. The molecule has 138 valence electrons. The van der Waals surface area contributed by atoms with Crippen molar-refractivity contribution in [2.45, 2.75) is 26.8 Å². The Labute approximate surface area is 159 Å². The van der Waals surface area contributed by atoms with Gasteiger partial charge in [-0.1, -0.05) is 54.6 Å². The monoisotopic (exact) mass is 360 g/mol. The Hall–Kier alpha value is -3.21. The molecule has 0 fully saturated rings. The second kappa shape index (κ2) is 8.94. The van der Waals surface area contributed by atoms with Crippen LogP contribution in [0.25, 0.3) is 0 Å². The normalized spacial score (nSPS) is 10.4. The van der Waals surface area contributed by atoms with Gasteiger partial charge in [0, 0.05) is 19.2 Å². The molecular formula is C22H24N4O. The summed E-state index contributed by atoms with van der Waals surface area (Å²) >= 11 is 0. The van der Waals surface area contributed by atoms with Gasteiger partial charge in [-0.15, -0.1) is 0 Å². The van der Waals surface area contributed by atoms with E-state index in [4.69, 9.17) is 0 Å². The third-order valence-electron chi connectivity index (χ3n) is 4.33. The van der Waals surface area contributed by atoms with E-state index in [1.165, 1.54) is 5.56 Å². The molecule has 5 heteroatoms. The van der Waals surface area contributed by atoms with E-state index < -0.39 is 0 Å². The quantitative estimate of drug-likeness (QED) is 0.674. The van der Waals surface area contributed by atoms with Crippen LogP contribution in [0.1, 0.15) is 33.0 Å². The van der Waals surface area contributed by atoms with E-state index in [0.717, 1.165) is 24.1 Å². The SMILES string of the molecule is Cc1nc(NCCc2ccccc2)cc(C(=O)NCc2ccccc2C)n1. The van der Waals surface area contributed by atoms with Crippen molar-refractivity contribution >= 4 is 11.7 Å². The number of carbonyl (C=O) groups is 1. The molecule has 0 bridgehead atoms. The number of anilines is 1. The van der Waals surface area contributed by atoms with Crippen LogP contribution in [-0.2, 0) is 13.0 Å². The highest BCUT2D eigenvalue weighted by Crippen LogP contribution is 2.10. The summed E-state index contributed by atoms with van der Waals surface area (Å²) in [4.78, 5) is 21.1. The molecular weight excluding hydrogens is 336 g/mol. The number of amides is 1. The van der Waals surface area contributed by atoms with E-state index in [9.17, 15) is 4.79 Å². The first kappa shape index (κ1) is 18.6. The second-order valence-electron chi connectivity index (χ2n) is 6.46. The van der Waals surface area contributed by atoms with Crippen LogP contribution in [0.3, 0.4) is 0 Å². The van der Waals surface area contributed by atoms with Gasteiger partial charge in [0.05, 0.1) is 0 Å². The van der Waals surface area contributed by atoms with Crippen LogP contribution < -0.4 is 10.6 Å². The number of nitrogens with zero attached hydrogens (tertiary/aromatic N) is 2. The maximum Gasteiger partial charge on any atom is 0.270 e. The summed E-state index contributed by atoms with van der Waals surface area (Å²) in [5, 5.41) is 6.22. The number of rotatable bonds is 7. The average molecular weight is 360 g/mol. The molecule has 1 aromatic heterocycles. The predicted molar refractivity (Wildman–Crippen MR) is 108 cm³/mol. The van der Waals surface area contributed by atoms with E-state index in [0.29, 0.717) is 23.9 Å². The van der Waals surface area contributed by atoms with Crippen LogP contribution in [0.2, 0.25) is 0 Å². The Balaban J connectivity index is 1.60. The van der Waals surface area contributed by atoms with Crippen LogP contribution in [0.5, 0.6) is 0 Å². The topological polar surface area (TPSA) is 66.9 Å². The lowest BCUT2D eigenvalue weighted by Crippen LogP contribution is -2.25. The van der Waals surface area contributed by atoms with Gasteiger partial charge in [0.15, 0.2) is 0 Å². The number of aryl methyl sites for hydroxylation is 2. The number of hydrogen-bond acceptors (Lipinski definition) is 4. The molecule has 0 unspecified atom stereocenters. The first-order chi connectivity index (χ1) is 13.1. The van der Waals surface area contributed by atoms with Crippen molar-refractivity contribution in [3.05, 3.63) is 88.9 Å². The number of carbonyl (C=O) groups excluding carboxylic acids is 1. The zero-order chi connectivity index (χ0) is 19.1. The molecule has 0 saturated carbocycles. The summed E-state index contributed by atoms with van der Waals surface area (Å²) in [6.45, 7) is 5.04. The molecule has 2 N–H and O–H groups in total. The predicted octanol–water partition coefficient (Wildman–Crippen LogP) is 3.68. The number of nitrogens with one attached hydrogen (secondary N) is 2. The highest BCUT2D eigenvalue weighted by Gasteiger charge is 2.11. The first-order valence-electron chi connectivity index (χ1n) is 9.08. The Morgan fingerprint density at radius 2 is 1.70 bits per heavy atom. The summed E-state index contributed by atoms with van der Waals surface area (Å²) in [5.41, 5.74) is 3.88. The maximum absolute atomic E-state index is 12.5. The minimum absolute atomic E-state index is 0.199. The first-order valence-corrected chi connectivity index (χ1v) is 9.08. The van der Waals surface area contributed by atoms with Crippen molar-refractivity contribution in [1.82, 2.24) is 15.3 Å². The summed E-state index contributed by atoms with van der Waals surface area (Å²) in [7, 11) is 0. The minimum Gasteiger partial charge on any atom is -0.370 e. The number of benzene rings is 2. The minimum atomic E-state index is -0.199. The van der Waals surface area contributed by atoms with Gasteiger partial charge < -0.3 is 10.6 Å². The molecule has 0 aliphatic carbocycles. The third-order valence-corrected chi connectivity index (χ3v) is 4.33. The molecule has 0 spiro atoms. The second-order valence-corrected chi connectivity index (χ2v) is 6.46. The van der Waals surface area contributed by atoms with Crippen LogP contribution in [0.15, 0.2) is 60.7 Å². The van der Waals surface area contributed by atoms with E-state index >= 15 is 0 Å². The number of aromatic nitrogens is 2. The Kier molecular flexibility index (Phi) is 6.15. The van der Waals surface area contributed by atoms with Crippen molar-refractivity contribution < 1.29 is 4.79 Å². The van der Waals surface area contributed by atoms with E-state index in [2.05, 4.69) is 32.7 Å². The van der Waals surface area contributed by atoms with Crippen molar-refractivity contribution in [2.24, 2.45) is 0 Å². The molecule has 3 aromatic rings. The zero-order valence-corrected chi connectivity index (χ0v) is 15.7. The van der Waals surface area contributed by atoms with Gasteiger partial charge in [0.1, 0.15) is 17.3 Å². The lowest BCUT2D eigenvalue weighted by atomic mass is 10.1. The standard InChI is InChI=1S/C22H24N4O/c1-16-8-6-7-11-19(16)15-24-22(27)20-14-21(26-17(2)25-20)23-13-12-18-9-4-3-5-10-18/h3-11,14H,12-13,15H2,1-2H3,(H,24,27)(H,23,25,26). The Morgan fingerprint density at radius 1 is 0.963 bits per heavy atom. The molecule has 5 nitrogen and oxygen atoms in total. The van der Waals surface area contributed by atoms with Gasteiger partial charge in [-0.2, -0.15) is 0 Å². The molecule has 0 aliphatic heterocycles. The lowest BCUT2D eigenvalue weighted by Gasteiger charge is -2.10. The largest absolute Gasteiger partial charge is 0.370 e. The van der Waals surface area contributed by atoms with Crippen molar-refractivity contribution in [1.29, 1.82) is 0 Å². The van der Waals surface area contributed by atoms with Gasteiger partial charge in [0.25, 0.3) is 5.91 Å². The fourth-order valence-electron chi connectivity index (χ4n) is 2.83. The fraction of sp³-hybridized carbons (Fsp3) is 0.227. The smallest absolute Gasteiger partial charge is 0.270 e. The van der Waals surface area contributed by atoms with E-state index in [1.807, 2.05) is 49.4 Å². The molecule has 1 heterocycles. The van der Waals surface area contributed by atoms with E-state index in [-0.39, 0.29) is 5.91 Å². The highest BCUT2D eigenvalue weighted by molar-refractivity contribution is 5.92. The highest BCUT2D eigenvalue weighted by atomic mass is 16.1. The van der Waals surface area contributed by atoms with Crippen molar-refractivity contribution in [3.63, 3.8) is 0 Å². The van der Waals surface area contributed by atoms with Gasteiger partial charge in [-0.05, 0) is 37.0 Å². The molecule has 2 aromatic carbocycles. The molecule has 0 aliphatic rings. The Morgan fingerprint density at radius 3 is 2.48 bits per heavy atom. The van der Waals surface area contributed by atoms with Gasteiger partial charge in [-0.25, -0.2) is 9.97 Å². The van der Waals surface area contributed by atoms with E-state index in [1.54, 1.807) is 13.0 Å². The van der Waals surface area contributed by atoms with Crippen LogP contribution in [0.4, 0.5) is 5.82 Å². The summed E-state index contributed by atoms with van der Waals surface area (Å²) in [6.07, 6.45) is 0.888. The van der Waals surface area contributed by atoms with Crippen LogP contribution in [0, 0.1) is 13.8 Å². The van der Waals surface area contributed by atoms with Gasteiger partial charge >= 0.3 is 0 Å². The molecule has 0 radical (unpaired) electrons. The third kappa shape index (κ3) is 5.38. The number of hydrogen-bond donors (Lipinski definition) is 2. The fourth-order valence-corrected chi connectivity index (χ4v) is 2.83. The molecule has 0 atom stereocenters. The summed E-state index contributed by atoms with van der Waals surface area (Å²) < 4.78 is 0. The van der Waals surface area contributed by atoms with Crippen LogP contribution >= 0.6 is 0 Å². The molecule has 0 saturated heterocycles. The lowest BCUT2D eigenvalue weighted by molar-refractivity contribution is 0.0945. The van der Waals surface area contributed by atoms with Gasteiger partial charge in [-0.3, -0.25) is 4.79 Å². The van der Waals surface area contributed by atoms with Crippen LogP contribution in [-0.4, -0.2) is 22.4 Å². The zero-order valence-electron chi connectivity index (χ0n) is 15.7. The average Bonchev–Trinajstić information content (AvgIpc) is 2.67. The molecule has 3 rings (SSSR count). The maximum atomic E-state index is 12.5. The van der Waals surface area contributed by atoms with Gasteiger partial charge in [0.2, 0.25) is 0 Å². The van der Waals surface area contributed by atoms with Crippen molar-refractivity contribution in [3.8, 4) is 0 Å².